The van der Waals surface area contributed by atoms with E-state index >= 15 is 0 Å². The summed E-state index contributed by atoms with van der Waals surface area (Å²) in [6.07, 6.45) is 1.58. The molecule has 5 nitrogen and oxygen atoms in total. The van der Waals surface area contributed by atoms with Gasteiger partial charge in [-0.3, -0.25) is 19.3 Å². The van der Waals surface area contributed by atoms with Crippen LogP contribution in [0, 0.1) is 5.82 Å². The maximum absolute atomic E-state index is 13.1. The number of imide groups is 1. The zero-order chi connectivity index (χ0) is 22.5. The standard InChI is InChI=1S/C25H18FNO4S/c26-20-12-10-17(11-13-20)16-31-22-9-5-4-8-19(22)14-23-24(29)27(25(30)32-23)15-21(28)18-6-2-1-3-7-18/h1-14H,15-16H2/b23-14-. The van der Waals surface area contributed by atoms with E-state index in [0.29, 0.717) is 16.9 Å². The van der Waals surface area contributed by atoms with E-state index in [0.717, 1.165) is 22.2 Å². The number of hydrogen-bond donors (Lipinski definition) is 0. The number of amides is 2. The molecule has 0 N–H and O–H groups in total. The Hall–Kier alpha value is -3.71. The maximum atomic E-state index is 13.1. The Labute approximate surface area is 188 Å². The average Bonchev–Trinajstić information content (AvgIpc) is 3.07. The fraction of sp³-hybridized carbons (Fsp3) is 0.0800. The van der Waals surface area contributed by atoms with Gasteiger partial charge in [0.05, 0.1) is 11.4 Å². The van der Waals surface area contributed by atoms with Crippen LogP contribution in [0.15, 0.2) is 83.8 Å². The number of ether oxygens (including phenoxy) is 1. The number of carbonyl (C=O) groups excluding carboxylic acids is 3. The molecule has 1 fully saturated rings. The second kappa shape index (κ2) is 9.62. The van der Waals surface area contributed by atoms with Crippen molar-refractivity contribution in [2.75, 3.05) is 6.54 Å². The van der Waals surface area contributed by atoms with Gasteiger partial charge in [0.15, 0.2) is 5.78 Å². The normalized spacial score (nSPS) is 14.8. The monoisotopic (exact) mass is 447 g/mol. The molecule has 3 aromatic rings. The van der Waals surface area contributed by atoms with Crippen molar-refractivity contribution in [1.29, 1.82) is 0 Å². The topological polar surface area (TPSA) is 63.7 Å². The van der Waals surface area contributed by atoms with Crippen LogP contribution < -0.4 is 4.74 Å². The molecule has 32 heavy (non-hydrogen) atoms. The number of carbonyl (C=O) groups is 3. The second-order valence-corrected chi connectivity index (χ2v) is 8.00. The Balaban J connectivity index is 1.49. The SMILES string of the molecule is O=C(CN1C(=O)S/C(=C\c2ccccc2OCc2ccc(F)cc2)C1=O)c1ccccc1. The molecule has 0 aliphatic carbocycles. The molecule has 1 saturated heterocycles. The third-order valence-corrected chi connectivity index (χ3v) is 5.69. The molecule has 0 bridgehead atoms. The number of para-hydroxylation sites is 1. The first-order valence-electron chi connectivity index (χ1n) is 9.81. The smallest absolute Gasteiger partial charge is 0.293 e. The lowest BCUT2D eigenvalue weighted by Gasteiger charge is -2.11. The van der Waals surface area contributed by atoms with Crippen LogP contribution in [-0.4, -0.2) is 28.4 Å². The highest BCUT2D eigenvalue weighted by molar-refractivity contribution is 8.18. The summed E-state index contributed by atoms with van der Waals surface area (Å²) in [5.74, 6) is -0.630. The first kappa shape index (κ1) is 21.5. The summed E-state index contributed by atoms with van der Waals surface area (Å²) in [5.41, 5.74) is 1.85. The molecule has 4 rings (SSSR count). The summed E-state index contributed by atoms with van der Waals surface area (Å²) in [4.78, 5) is 38.8. The van der Waals surface area contributed by atoms with Crippen LogP contribution in [0.2, 0.25) is 0 Å². The Morgan fingerprint density at radius 1 is 0.938 bits per heavy atom. The minimum Gasteiger partial charge on any atom is -0.488 e. The number of Topliss-reactive ketones (excluding diaryl/α,β-unsaturated/α-hetero) is 1. The van der Waals surface area contributed by atoms with Crippen LogP contribution in [-0.2, 0) is 11.4 Å². The van der Waals surface area contributed by atoms with Gasteiger partial charge in [-0.25, -0.2) is 4.39 Å². The minimum absolute atomic E-state index is 0.216. The summed E-state index contributed by atoms with van der Waals surface area (Å²) >= 11 is 0.788. The van der Waals surface area contributed by atoms with Gasteiger partial charge >= 0.3 is 0 Å². The van der Waals surface area contributed by atoms with Crippen molar-refractivity contribution in [1.82, 2.24) is 4.90 Å². The molecule has 0 saturated carbocycles. The van der Waals surface area contributed by atoms with E-state index in [4.69, 9.17) is 4.74 Å². The average molecular weight is 447 g/mol. The number of ketones is 1. The van der Waals surface area contributed by atoms with Crippen LogP contribution in [0.3, 0.4) is 0 Å². The van der Waals surface area contributed by atoms with E-state index in [-0.39, 0.29) is 29.7 Å². The molecule has 2 amide bonds. The van der Waals surface area contributed by atoms with E-state index in [1.165, 1.54) is 12.1 Å². The van der Waals surface area contributed by atoms with Gasteiger partial charge < -0.3 is 4.74 Å². The van der Waals surface area contributed by atoms with E-state index in [2.05, 4.69) is 0 Å². The molecule has 3 aromatic carbocycles. The van der Waals surface area contributed by atoms with Crippen molar-refractivity contribution in [3.63, 3.8) is 0 Å². The number of thioether (sulfide) groups is 1. The maximum Gasteiger partial charge on any atom is 0.293 e. The molecule has 7 heteroatoms. The van der Waals surface area contributed by atoms with Crippen molar-refractivity contribution in [3.8, 4) is 5.75 Å². The first-order valence-corrected chi connectivity index (χ1v) is 10.6. The Morgan fingerprint density at radius 2 is 1.62 bits per heavy atom. The quantitative estimate of drug-likeness (QED) is 0.362. The van der Waals surface area contributed by atoms with Crippen LogP contribution in [0.1, 0.15) is 21.5 Å². The highest BCUT2D eigenvalue weighted by atomic mass is 32.2. The summed E-state index contributed by atoms with van der Waals surface area (Å²) in [7, 11) is 0. The largest absolute Gasteiger partial charge is 0.488 e. The van der Waals surface area contributed by atoms with E-state index in [1.54, 1.807) is 72.8 Å². The van der Waals surface area contributed by atoms with Crippen LogP contribution >= 0.6 is 11.8 Å². The van der Waals surface area contributed by atoms with Crippen molar-refractivity contribution in [3.05, 3.63) is 106 Å². The summed E-state index contributed by atoms with van der Waals surface area (Å²) in [6.45, 7) is -0.0904. The van der Waals surface area contributed by atoms with E-state index in [1.807, 2.05) is 0 Å². The van der Waals surface area contributed by atoms with Gasteiger partial charge in [0.25, 0.3) is 11.1 Å². The first-order chi connectivity index (χ1) is 15.5. The van der Waals surface area contributed by atoms with Gasteiger partial charge in [-0.1, -0.05) is 60.7 Å². The summed E-state index contributed by atoms with van der Waals surface area (Å²) < 4.78 is 18.9. The van der Waals surface area contributed by atoms with Gasteiger partial charge in [-0.05, 0) is 41.6 Å². The summed E-state index contributed by atoms with van der Waals surface area (Å²) in [5, 5.41) is -0.491. The molecule has 1 aliphatic heterocycles. The lowest BCUT2D eigenvalue weighted by Crippen LogP contribution is -2.33. The fourth-order valence-corrected chi connectivity index (χ4v) is 3.94. The Bertz CT molecular complexity index is 1190. The van der Waals surface area contributed by atoms with Crippen molar-refractivity contribution in [2.45, 2.75) is 6.61 Å². The van der Waals surface area contributed by atoms with Crippen LogP contribution in [0.4, 0.5) is 9.18 Å². The zero-order valence-electron chi connectivity index (χ0n) is 16.9. The molecule has 0 atom stereocenters. The predicted molar refractivity (Wildman–Crippen MR) is 121 cm³/mol. The van der Waals surface area contributed by atoms with Gasteiger partial charge in [0, 0.05) is 11.1 Å². The van der Waals surface area contributed by atoms with E-state index < -0.39 is 11.1 Å². The third kappa shape index (κ3) is 4.95. The highest BCUT2D eigenvalue weighted by Crippen LogP contribution is 2.34. The highest BCUT2D eigenvalue weighted by Gasteiger charge is 2.36. The van der Waals surface area contributed by atoms with Crippen LogP contribution in [0.25, 0.3) is 6.08 Å². The molecule has 160 valence electrons. The number of benzene rings is 3. The fourth-order valence-electron chi connectivity index (χ4n) is 3.11. The van der Waals surface area contributed by atoms with Gasteiger partial charge in [0.1, 0.15) is 18.2 Å². The van der Waals surface area contributed by atoms with Crippen molar-refractivity contribution >= 4 is 34.8 Å². The number of rotatable bonds is 7. The molecule has 1 aliphatic rings. The number of halogens is 1. The molecule has 0 spiro atoms. The lowest BCUT2D eigenvalue weighted by atomic mass is 10.1. The second-order valence-electron chi connectivity index (χ2n) is 7.01. The summed E-state index contributed by atoms with van der Waals surface area (Å²) in [6, 6.07) is 21.6. The third-order valence-electron chi connectivity index (χ3n) is 4.78. The van der Waals surface area contributed by atoms with Crippen molar-refractivity contribution in [2.24, 2.45) is 0 Å². The van der Waals surface area contributed by atoms with Crippen LogP contribution in [0.5, 0.6) is 5.75 Å². The van der Waals surface area contributed by atoms with E-state index in [9.17, 15) is 18.8 Å². The van der Waals surface area contributed by atoms with Gasteiger partial charge in [0.2, 0.25) is 0 Å². The molecule has 0 radical (unpaired) electrons. The molecule has 0 unspecified atom stereocenters. The molecule has 1 heterocycles. The van der Waals surface area contributed by atoms with Gasteiger partial charge in [-0.2, -0.15) is 0 Å². The molecular formula is C25H18FNO4S. The Morgan fingerprint density at radius 3 is 2.38 bits per heavy atom. The lowest BCUT2D eigenvalue weighted by molar-refractivity contribution is -0.122. The Kier molecular flexibility index (Phi) is 6.47. The van der Waals surface area contributed by atoms with Gasteiger partial charge in [-0.15, -0.1) is 0 Å². The minimum atomic E-state index is -0.516. The number of nitrogens with zero attached hydrogens (tertiary/aromatic N) is 1. The number of hydrogen-bond acceptors (Lipinski definition) is 5. The molecular weight excluding hydrogens is 429 g/mol. The molecule has 0 aromatic heterocycles. The zero-order valence-corrected chi connectivity index (χ0v) is 17.7. The predicted octanol–water partition coefficient (Wildman–Crippen LogP) is 5.32. The van der Waals surface area contributed by atoms with Crippen molar-refractivity contribution < 1.29 is 23.5 Å².